The number of hydrogen-bond donors (Lipinski definition) is 1. The predicted octanol–water partition coefficient (Wildman–Crippen LogP) is 2.95. The van der Waals surface area contributed by atoms with E-state index in [-0.39, 0.29) is 17.7 Å². The van der Waals surface area contributed by atoms with Crippen LogP contribution in [0.25, 0.3) is 0 Å². The van der Waals surface area contributed by atoms with Gasteiger partial charge in [0.05, 0.1) is 18.2 Å². The van der Waals surface area contributed by atoms with Crippen molar-refractivity contribution in [2.75, 3.05) is 27.2 Å². The first-order chi connectivity index (χ1) is 11.9. The van der Waals surface area contributed by atoms with Gasteiger partial charge in [-0.1, -0.05) is 6.92 Å². The molecule has 2 atom stereocenters. The molecular formula is C19H28N4OS. The summed E-state index contributed by atoms with van der Waals surface area (Å²) in [5.41, 5.74) is 3.44. The lowest BCUT2D eigenvalue weighted by atomic mass is 9.90. The maximum Gasteiger partial charge on any atom is 0.227 e. The second-order valence-electron chi connectivity index (χ2n) is 7.20. The van der Waals surface area contributed by atoms with Gasteiger partial charge in [-0.15, -0.1) is 11.3 Å². The Morgan fingerprint density at radius 3 is 2.80 bits per heavy atom. The topological polar surface area (TPSA) is 52.2 Å². The van der Waals surface area contributed by atoms with Crippen molar-refractivity contribution in [3.8, 4) is 0 Å². The van der Waals surface area contributed by atoms with Crippen molar-refractivity contribution in [2.45, 2.75) is 39.7 Å². The van der Waals surface area contributed by atoms with Gasteiger partial charge in [0.25, 0.3) is 0 Å². The number of rotatable bonds is 5. The Kier molecular flexibility index (Phi) is 5.29. The van der Waals surface area contributed by atoms with Gasteiger partial charge < -0.3 is 14.8 Å². The van der Waals surface area contributed by atoms with E-state index in [4.69, 9.17) is 4.98 Å². The summed E-state index contributed by atoms with van der Waals surface area (Å²) in [5, 5.41) is 2.09. The number of H-pyrrole nitrogens is 1. The van der Waals surface area contributed by atoms with Crippen LogP contribution in [0, 0.1) is 19.8 Å². The molecule has 6 heteroatoms. The average Bonchev–Trinajstić information content (AvgIpc) is 3.26. The molecule has 1 saturated heterocycles. The lowest BCUT2D eigenvalue weighted by molar-refractivity contribution is -0.134. The Hall–Kier alpha value is -1.66. The number of likely N-dealkylation sites (tertiary alicyclic amines) is 1. The number of aromatic nitrogens is 2. The van der Waals surface area contributed by atoms with Crippen LogP contribution in [0.3, 0.4) is 0 Å². The summed E-state index contributed by atoms with van der Waals surface area (Å²) in [6.45, 7) is 8.65. The van der Waals surface area contributed by atoms with E-state index in [0.717, 1.165) is 36.7 Å². The molecular weight excluding hydrogens is 332 g/mol. The van der Waals surface area contributed by atoms with Crippen LogP contribution < -0.4 is 0 Å². The molecule has 1 aliphatic rings. The lowest BCUT2D eigenvalue weighted by Crippen LogP contribution is -2.36. The minimum Gasteiger partial charge on any atom is -0.346 e. The predicted molar refractivity (Wildman–Crippen MR) is 102 cm³/mol. The largest absolute Gasteiger partial charge is 0.346 e. The first-order valence-electron chi connectivity index (χ1n) is 8.92. The Bertz CT molecular complexity index is 750. The quantitative estimate of drug-likeness (QED) is 0.892. The van der Waals surface area contributed by atoms with Crippen LogP contribution in [0.1, 0.15) is 40.5 Å². The van der Waals surface area contributed by atoms with Gasteiger partial charge >= 0.3 is 0 Å². The molecule has 0 bridgehead atoms. The third-order valence-corrected chi connectivity index (χ3v) is 6.21. The lowest BCUT2D eigenvalue weighted by Gasteiger charge is -2.24. The molecule has 1 fully saturated rings. The van der Waals surface area contributed by atoms with Gasteiger partial charge in [0.15, 0.2) is 0 Å². The normalized spacial score (nSPS) is 21.0. The molecule has 136 valence electrons. The maximum absolute atomic E-state index is 13.2. The number of amides is 1. The zero-order chi connectivity index (χ0) is 18.1. The van der Waals surface area contributed by atoms with E-state index in [1.807, 2.05) is 11.9 Å². The van der Waals surface area contributed by atoms with Crippen LogP contribution in [0.4, 0.5) is 0 Å². The summed E-state index contributed by atoms with van der Waals surface area (Å²) in [6.07, 6.45) is 0.888. The van der Waals surface area contributed by atoms with Crippen molar-refractivity contribution in [3.63, 3.8) is 0 Å². The third kappa shape index (κ3) is 3.65. The number of imidazole rings is 1. The van der Waals surface area contributed by atoms with Crippen LogP contribution in [-0.4, -0.2) is 52.9 Å². The molecule has 2 aromatic rings. The summed E-state index contributed by atoms with van der Waals surface area (Å²) in [7, 11) is 4.01. The molecule has 1 aliphatic heterocycles. The monoisotopic (exact) mass is 360 g/mol. The molecule has 3 rings (SSSR count). The highest BCUT2D eigenvalue weighted by molar-refractivity contribution is 7.10. The van der Waals surface area contributed by atoms with E-state index in [1.54, 1.807) is 11.3 Å². The number of hydrogen-bond acceptors (Lipinski definition) is 4. The Balaban J connectivity index is 1.79. The highest BCUT2D eigenvalue weighted by Gasteiger charge is 2.40. The van der Waals surface area contributed by atoms with Crippen LogP contribution in [0.15, 0.2) is 11.4 Å². The van der Waals surface area contributed by atoms with Gasteiger partial charge in [-0.3, -0.25) is 4.79 Å². The average molecular weight is 361 g/mol. The highest BCUT2D eigenvalue weighted by atomic mass is 32.1. The zero-order valence-electron chi connectivity index (χ0n) is 15.8. The first kappa shape index (κ1) is 18.1. The van der Waals surface area contributed by atoms with Crippen molar-refractivity contribution >= 4 is 17.2 Å². The molecule has 0 unspecified atom stereocenters. The second kappa shape index (κ2) is 7.30. The molecule has 0 radical (unpaired) electrons. The van der Waals surface area contributed by atoms with Crippen molar-refractivity contribution < 1.29 is 4.79 Å². The number of carbonyl (C=O) groups is 1. The van der Waals surface area contributed by atoms with Gasteiger partial charge in [-0.05, 0) is 37.9 Å². The zero-order valence-corrected chi connectivity index (χ0v) is 16.6. The molecule has 5 nitrogen and oxygen atoms in total. The number of aromatic amines is 1. The number of carbonyl (C=O) groups excluding carboxylic acids is 1. The molecule has 0 aromatic carbocycles. The van der Waals surface area contributed by atoms with Crippen molar-refractivity contribution in [1.29, 1.82) is 0 Å². The maximum atomic E-state index is 13.2. The SMILES string of the molecule is CCc1nc([C@H]2CN(C)C[C@@H]2C(=O)N(C)Cc2sccc2C)c(C)[nH]1. The number of likely N-dealkylation sites (N-methyl/N-ethyl adjacent to an activating group) is 1. The Labute approximate surface area is 154 Å². The summed E-state index contributed by atoms with van der Waals surface area (Å²) >= 11 is 1.72. The molecule has 1 amide bonds. The summed E-state index contributed by atoms with van der Waals surface area (Å²) in [6, 6.07) is 2.11. The van der Waals surface area contributed by atoms with E-state index < -0.39 is 0 Å². The van der Waals surface area contributed by atoms with Crippen LogP contribution in [-0.2, 0) is 17.8 Å². The number of nitrogens with one attached hydrogen (secondary N) is 1. The van der Waals surface area contributed by atoms with E-state index in [2.05, 4.69) is 49.1 Å². The van der Waals surface area contributed by atoms with Crippen LogP contribution >= 0.6 is 11.3 Å². The fourth-order valence-electron chi connectivity index (χ4n) is 3.74. The number of nitrogens with zero attached hydrogens (tertiary/aromatic N) is 3. The van der Waals surface area contributed by atoms with E-state index in [1.165, 1.54) is 10.4 Å². The molecule has 2 aromatic heterocycles. The molecule has 3 heterocycles. The van der Waals surface area contributed by atoms with Crippen molar-refractivity contribution in [3.05, 3.63) is 39.1 Å². The van der Waals surface area contributed by atoms with Gasteiger partial charge in [-0.2, -0.15) is 0 Å². The van der Waals surface area contributed by atoms with Gasteiger partial charge in [0.1, 0.15) is 5.82 Å². The van der Waals surface area contributed by atoms with E-state index in [9.17, 15) is 4.79 Å². The van der Waals surface area contributed by atoms with Gasteiger partial charge in [0.2, 0.25) is 5.91 Å². The summed E-state index contributed by atoms with van der Waals surface area (Å²) < 4.78 is 0. The van der Waals surface area contributed by atoms with E-state index in [0.29, 0.717) is 6.54 Å². The standard InChI is InChI=1S/C19H28N4OS/c1-6-17-20-13(3)18(21-17)14-9-22(4)10-15(14)19(24)23(5)11-16-12(2)7-8-25-16/h7-8,14-15H,6,9-11H2,1-5H3,(H,20,21)/t14-,15-/m0/s1. The van der Waals surface area contributed by atoms with E-state index >= 15 is 0 Å². The summed E-state index contributed by atoms with van der Waals surface area (Å²) in [5.74, 6) is 1.38. The van der Waals surface area contributed by atoms with Crippen LogP contribution in [0.2, 0.25) is 0 Å². The minimum atomic E-state index is -0.0259. The summed E-state index contributed by atoms with van der Waals surface area (Å²) in [4.78, 5) is 26.7. The van der Waals surface area contributed by atoms with Gasteiger partial charge in [0, 0.05) is 43.0 Å². The number of aryl methyl sites for hydroxylation is 3. The third-order valence-electron chi connectivity index (χ3n) is 5.20. The number of thiophene rings is 1. The van der Waals surface area contributed by atoms with Crippen molar-refractivity contribution in [1.82, 2.24) is 19.8 Å². The van der Waals surface area contributed by atoms with Crippen molar-refractivity contribution in [2.24, 2.45) is 5.92 Å². The Morgan fingerprint density at radius 2 is 2.20 bits per heavy atom. The molecule has 1 N–H and O–H groups in total. The Morgan fingerprint density at radius 1 is 1.44 bits per heavy atom. The smallest absolute Gasteiger partial charge is 0.227 e. The molecule has 0 aliphatic carbocycles. The second-order valence-corrected chi connectivity index (χ2v) is 8.20. The van der Waals surface area contributed by atoms with Crippen LogP contribution in [0.5, 0.6) is 0 Å². The molecule has 0 spiro atoms. The highest BCUT2D eigenvalue weighted by Crippen LogP contribution is 2.34. The van der Waals surface area contributed by atoms with Gasteiger partial charge in [-0.25, -0.2) is 4.98 Å². The first-order valence-corrected chi connectivity index (χ1v) is 9.80. The fraction of sp³-hybridized carbons (Fsp3) is 0.579. The molecule has 0 saturated carbocycles. The minimum absolute atomic E-state index is 0.0259. The molecule has 25 heavy (non-hydrogen) atoms. The fourth-order valence-corrected chi connectivity index (χ4v) is 4.69.